The van der Waals surface area contributed by atoms with Gasteiger partial charge in [-0.2, -0.15) is 0 Å². The minimum Gasteiger partial charge on any atom is -0.549 e. The molecule has 0 bridgehead atoms. The maximum atomic E-state index is 11.7. The van der Waals surface area contributed by atoms with Crippen LogP contribution >= 0.6 is 0 Å². The minimum atomic E-state index is -1.80. The summed E-state index contributed by atoms with van der Waals surface area (Å²) < 4.78 is 0. The molecule has 0 fully saturated rings. The molecule has 4 nitrogen and oxygen atoms in total. The standard InChI is InChI=1S/C26H50O4.2K/c1-3-5-7-9-11-13-15-17-19-21-23-26(24(27)28,25(29)30)22-20-18-16-14-12-10-8-6-4-2;;/h3-23H2,1-2H3,(H,27,28)(H,29,30);;/q;2*+1/p-2. The van der Waals surface area contributed by atoms with Crippen LogP contribution in [0.4, 0.5) is 0 Å². The molecule has 0 saturated heterocycles. The van der Waals surface area contributed by atoms with Crippen LogP contribution in [-0.2, 0) is 9.59 Å². The zero-order chi connectivity index (χ0) is 22.5. The van der Waals surface area contributed by atoms with Crippen molar-refractivity contribution in [3.8, 4) is 0 Å². The number of carboxylic acid groups (broad SMARTS) is 2. The Balaban J connectivity index is -0.00000420. The number of rotatable bonds is 23. The smallest absolute Gasteiger partial charge is 0.549 e. The number of unbranched alkanes of at least 4 members (excludes halogenated alkanes) is 17. The van der Waals surface area contributed by atoms with Crippen LogP contribution in [0.1, 0.15) is 149 Å². The third-order valence-corrected chi connectivity index (χ3v) is 6.45. The second kappa shape index (κ2) is 27.8. The molecule has 32 heavy (non-hydrogen) atoms. The molecule has 0 aromatic carbocycles. The van der Waals surface area contributed by atoms with Crippen molar-refractivity contribution in [2.24, 2.45) is 5.41 Å². The van der Waals surface area contributed by atoms with E-state index in [-0.39, 0.29) is 116 Å². The molecule has 0 spiro atoms. The molecule has 0 rings (SSSR count). The summed E-state index contributed by atoms with van der Waals surface area (Å²) in [5, 5.41) is 23.4. The van der Waals surface area contributed by atoms with Gasteiger partial charge in [-0.15, -0.1) is 0 Å². The van der Waals surface area contributed by atoms with Gasteiger partial charge < -0.3 is 19.8 Å². The second-order valence-corrected chi connectivity index (χ2v) is 9.17. The van der Waals surface area contributed by atoms with E-state index in [1.807, 2.05) is 0 Å². The average molecular weight is 503 g/mol. The van der Waals surface area contributed by atoms with Gasteiger partial charge in [-0.3, -0.25) is 0 Å². The first-order valence-corrected chi connectivity index (χ1v) is 12.9. The molecule has 0 heterocycles. The Hall–Kier alpha value is 2.21. The molecule has 0 aromatic heterocycles. The topological polar surface area (TPSA) is 80.3 Å². The maximum absolute atomic E-state index is 11.7. The largest absolute Gasteiger partial charge is 1.00 e. The van der Waals surface area contributed by atoms with Gasteiger partial charge in [0.1, 0.15) is 0 Å². The van der Waals surface area contributed by atoms with Crippen LogP contribution in [0.5, 0.6) is 0 Å². The van der Waals surface area contributed by atoms with Gasteiger partial charge in [0.25, 0.3) is 0 Å². The van der Waals surface area contributed by atoms with Crippen molar-refractivity contribution in [1.82, 2.24) is 0 Å². The van der Waals surface area contributed by atoms with E-state index in [0.29, 0.717) is 12.8 Å². The molecular weight excluding hydrogens is 454 g/mol. The van der Waals surface area contributed by atoms with E-state index >= 15 is 0 Å². The van der Waals surface area contributed by atoms with Gasteiger partial charge in [0, 0.05) is 5.41 Å². The molecule has 0 aliphatic rings. The van der Waals surface area contributed by atoms with E-state index in [4.69, 9.17) is 0 Å². The van der Waals surface area contributed by atoms with Crippen LogP contribution in [0, 0.1) is 5.41 Å². The molecule has 178 valence electrons. The van der Waals surface area contributed by atoms with E-state index in [2.05, 4.69) is 13.8 Å². The van der Waals surface area contributed by atoms with Gasteiger partial charge in [0.2, 0.25) is 0 Å². The number of carbonyl (C=O) groups is 2. The Bertz CT molecular complexity index is 416. The fourth-order valence-electron chi connectivity index (χ4n) is 4.27. The monoisotopic (exact) mass is 502 g/mol. The molecule has 0 saturated carbocycles. The number of hydrogen-bond acceptors (Lipinski definition) is 4. The molecule has 0 amide bonds. The Morgan fingerprint density at radius 3 is 0.906 bits per heavy atom. The van der Waals surface area contributed by atoms with Gasteiger partial charge in [-0.05, 0) is 12.8 Å². The SMILES string of the molecule is CCCCCCCCCCCCC(CCCCCCCCCCC)(C(=O)[O-])C(=O)[O-].[K+].[K+]. The fraction of sp³-hybridized carbons (Fsp3) is 0.923. The van der Waals surface area contributed by atoms with E-state index in [9.17, 15) is 19.8 Å². The summed E-state index contributed by atoms with van der Waals surface area (Å²) in [7, 11) is 0. The van der Waals surface area contributed by atoms with Crippen LogP contribution < -0.4 is 113 Å². The van der Waals surface area contributed by atoms with Crippen LogP contribution in [0.25, 0.3) is 0 Å². The zero-order valence-corrected chi connectivity index (χ0v) is 28.2. The first kappa shape index (κ1) is 38.7. The summed E-state index contributed by atoms with van der Waals surface area (Å²) in [4.78, 5) is 23.4. The van der Waals surface area contributed by atoms with E-state index in [1.165, 1.54) is 70.6 Å². The Morgan fingerprint density at radius 2 is 0.688 bits per heavy atom. The number of carbonyl (C=O) groups excluding carboxylic acids is 2. The van der Waals surface area contributed by atoms with E-state index < -0.39 is 17.4 Å². The molecule has 0 aromatic rings. The summed E-state index contributed by atoms with van der Waals surface area (Å²) in [5.41, 5.74) is -1.80. The molecule has 0 aliphatic carbocycles. The number of hydrogen-bond donors (Lipinski definition) is 0. The first-order chi connectivity index (χ1) is 14.5. The fourth-order valence-corrected chi connectivity index (χ4v) is 4.27. The van der Waals surface area contributed by atoms with Crippen molar-refractivity contribution in [1.29, 1.82) is 0 Å². The number of aliphatic carboxylic acids is 2. The minimum absolute atomic E-state index is 0. The van der Waals surface area contributed by atoms with Crippen LogP contribution in [-0.4, -0.2) is 11.9 Å². The summed E-state index contributed by atoms with van der Waals surface area (Å²) in [5.74, 6) is -2.92. The molecule has 0 atom stereocenters. The Kier molecular flexibility index (Phi) is 33.6. The van der Waals surface area contributed by atoms with Crippen LogP contribution in [0.3, 0.4) is 0 Å². The van der Waals surface area contributed by atoms with Gasteiger partial charge in [-0.25, -0.2) is 0 Å². The predicted octanol–water partition coefficient (Wildman–Crippen LogP) is -0.287. The maximum Gasteiger partial charge on any atom is 1.00 e. The quantitative estimate of drug-likeness (QED) is 0.109. The molecule has 0 unspecified atom stereocenters. The van der Waals surface area contributed by atoms with Gasteiger partial charge in [0.15, 0.2) is 0 Å². The molecule has 0 radical (unpaired) electrons. The third kappa shape index (κ3) is 20.4. The molecular formula is C26H48K2O4. The van der Waals surface area contributed by atoms with Gasteiger partial charge in [0.05, 0.1) is 11.9 Å². The molecule has 0 N–H and O–H groups in total. The third-order valence-electron chi connectivity index (χ3n) is 6.45. The molecule has 6 heteroatoms. The van der Waals surface area contributed by atoms with E-state index in [1.54, 1.807) is 0 Å². The summed E-state index contributed by atoms with van der Waals surface area (Å²) >= 11 is 0. The second-order valence-electron chi connectivity index (χ2n) is 9.17. The number of carboxylic acids is 2. The predicted molar refractivity (Wildman–Crippen MR) is 121 cm³/mol. The normalized spacial score (nSPS) is 10.9. The Morgan fingerprint density at radius 1 is 0.469 bits per heavy atom. The Labute approximate surface area is 284 Å². The summed E-state index contributed by atoms with van der Waals surface area (Å²) in [6.45, 7) is 4.42. The van der Waals surface area contributed by atoms with Crippen molar-refractivity contribution in [2.75, 3.05) is 0 Å². The van der Waals surface area contributed by atoms with Gasteiger partial charge >= 0.3 is 103 Å². The van der Waals surface area contributed by atoms with Crippen molar-refractivity contribution < 1.29 is 123 Å². The van der Waals surface area contributed by atoms with Crippen molar-refractivity contribution >= 4 is 11.9 Å². The van der Waals surface area contributed by atoms with Crippen LogP contribution in [0.15, 0.2) is 0 Å². The van der Waals surface area contributed by atoms with Crippen molar-refractivity contribution in [3.05, 3.63) is 0 Å². The van der Waals surface area contributed by atoms with Crippen molar-refractivity contribution in [3.63, 3.8) is 0 Å². The van der Waals surface area contributed by atoms with Crippen LogP contribution in [0.2, 0.25) is 0 Å². The van der Waals surface area contributed by atoms with Gasteiger partial charge in [-0.1, -0.05) is 136 Å². The first-order valence-electron chi connectivity index (χ1n) is 12.9. The van der Waals surface area contributed by atoms with E-state index in [0.717, 1.165) is 38.5 Å². The summed E-state index contributed by atoms with van der Waals surface area (Å²) in [6, 6.07) is 0. The van der Waals surface area contributed by atoms with Crippen molar-refractivity contribution in [2.45, 2.75) is 149 Å². The zero-order valence-electron chi connectivity index (χ0n) is 22.0. The molecule has 0 aliphatic heterocycles. The average Bonchev–Trinajstić information content (AvgIpc) is 2.71. The summed E-state index contributed by atoms with van der Waals surface area (Å²) in [6.07, 6.45) is 21.6.